The molecule has 0 radical (unpaired) electrons. The number of likely N-dealkylation sites (tertiary alicyclic amines) is 1. The molecule has 0 bridgehead atoms. The van der Waals surface area contributed by atoms with Crippen LogP contribution in [-0.2, 0) is 9.53 Å². The third-order valence-electron chi connectivity index (χ3n) is 3.65. The molecule has 1 aromatic heterocycles. The van der Waals surface area contributed by atoms with E-state index >= 15 is 0 Å². The summed E-state index contributed by atoms with van der Waals surface area (Å²) in [5.74, 6) is -0.223. The smallest absolute Gasteiger partial charge is 0.410 e. The molecule has 0 aliphatic carbocycles. The van der Waals surface area contributed by atoms with E-state index < -0.39 is 5.60 Å². The summed E-state index contributed by atoms with van der Waals surface area (Å²) in [6, 6.07) is -0.122. The molecular formula is C16H25N3O3S. The lowest BCUT2D eigenvalue weighted by Crippen LogP contribution is -2.38. The normalized spacial score (nSPS) is 19.5. The second-order valence-electron chi connectivity index (χ2n) is 6.93. The standard InChI is InChI=1S/C16H25N3O3S/c1-10(13-9-23-11(2)18-13)17-14(20)12-6-7-19(8-12)15(21)22-16(3,4)5/h9-10,12H,6-8H2,1-5H3,(H,17,20). The number of hydrogen-bond acceptors (Lipinski definition) is 5. The Morgan fingerprint density at radius 3 is 2.74 bits per heavy atom. The molecule has 7 heteroatoms. The van der Waals surface area contributed by atoms with Gasteiger partial charge in [-0.2, -0.15) is 0 Å². The van der Waals surface area contributed by atoms with Crippen LogP contribution in [0.1, 0.15) is 50.9 Å². The first-order valence-corrected chi connectivity index (χ1v) is 8.74. The molecule has 2 rings (SSSR count). The predicted molar refractivity (Wildman–Crippen MR) is 89.3 cm³/mol. The van der Waals surface area contributed by atoms with Crippen LogP contribution in [0.15, 0.2) is 5.38 Å². The third kappa shape index (κ3) is 4.92. The highest BCUT2D eigenvalue weighted by Gasteiger charge is 2.33. The van der Waals surface area contributed by atoms with E-state index in [2.05, 4.69) is 10.3 Å². The average molecular weight is 339 g/mol. The molecule has 0 spiro atoms. The molecule has 2 atom stereocenters. The van der Waals surface area contributed by atoms with Gasteiger partial charge < -0.3 is 15.0 Å². The first kappa shape index (κ1) is 17.7. The topological polar surface area (TPSA) is 71.5 Å². The largest absolute Gasteiger partial charge is 0.444 e. The van der Waals surface area contributed by atoms with E-state index in [9.17, 15) is 9.59 Å². The minimum Gasteiger partial charge on any atom is -0.444 e. The monoisotopic (exact) mass is 339 g/mol. The second-order valence-corrected chi connectivity index (χ2v) is 8.00. The number of thiazole rings is 1. The maximum atomic E-state index is 12.4. The van der Waals surface area contributed by atoms with Crippen LogP contribution in [0.5, 0.6) is 0 Å². The van der Waals surface area contributed by atoms with Crippen LogP contribution in [0.2, 0.25) is 0 Å². The minimum absolute atomic E-state index is 0.0331. The molecule has 6 nitrogen and oxygen atoms in total. The van der Waals surface area contributed by atoms with Crippen LogP contribution in [-0.4, -0.2) is 40.6 Å². The van der Waals surface area contributed by atoms with Gasteiger partial charge in [0.2, 0.25) is 5.91 Å². The molecule has 1 aliphatic heterocycles. The SMILES string of the molecule is Cc1nc(C(C)NC(=O)C2CCN(C(=O)OC(C)(C)C)C2)cs1. The molecule has 1 N–H and O–H groups in total. The van der Waals surface area contributed by atoms with Crippen molar-refractivity contribution >= 4 is 23.3 Å². The molecule has 2 heterocycles. The van der Waals surface area contributed by atoms with Crippen LogP contribution < -0.4 is 5.32 Å². The number of ether oxygens (including phenoxy) is 1. The van der Waals surface area contributed by atoms with Gasteiger partial charge in [-0.25, -0.2) is 9.78 Å². The highest BCUT2D eigenvalue weighted by atomic mass is 32.1. The minimum atomic E-state index is -0.519. The Bertz CT molecular complexity index is 579. The van der Waals surface area contributed by atoms with Crippen molar-refractivity contribution < 1.29 is 14.3 Å². The highest BCUT2D eigenvalue weighted by molar-refractivity contribution is 7.09. The van der Waals surface area contributed by atoms with Crippen molar-refractivity contribution in [3.05, 3.63) is 16.1 Å². The quantitative estimate of drug-likeness (QED) is 0.919. The fourth-order valence-electron chi connectivity index (χ4n) is 2.45. The summed E-state index contributed by atoms with van der Waals surface area (Å²) in [5, 5.41) is 5.93. The molecule has 2 unspecified atom stereocenters. The Balaban J connectivity index is 1.86. The van der Waals surface area contributed by atoms with E-state index in [1.807, 2.05) is 40.0 Å². The number of hydrogen-bond donors (Lipinski definition) is 1. The summed E-state index contributed by atoms with van der Waals surface area (Å²) < 4.78 is 5.35. The van der Waals surface area contributed by atoms with Gasteiger partial charge in [-0.05, 0) is 41.0 Å². The molecule has 23 heavy (non-hydrogen) atoms. The Labute approximate surface area is 141 Å². The fourth-order valence-corrected chi connectivity index (χ4v) is 3.16. The van der Waals surface area contributed by atoms with Gasteiger partial charge >= 0.3 is 6.09 Å². The van der Waals surface area contributed by atoms with Gasteiger partial charge in [-0.3, -0.25) is 4.79 Å². The van der Waals surface area contributed by atoms with E-state index in [0.29, 0.717) is 19.5 Å². The molecule has 0 aromatic carbocycles. The van der Waals surface area contributed by atoms with Crippen molar-refractivity contribution in [3.8, 4) is 0 Å². The van der Waals surface area contributed by atoms with Gasteiger partial charge in [0.15, 0.2) is 0 Å². The number of nitrogens with one attached hydrogen (secondary N) is 1. The lowest BCUT2D eigenvalue weighted by Gasteiger charge is -2.24. The zero-order valence-electron chi connectivity index (χ0n) is 14.4. The van der Waals surface area contributed by atoms with Crippen molar-refractivity contribution in [1.82, 2.24) is 15.2 Å². The average Bonchev–Trinajstić information content (AvgIpc) is 3.05. The predicted octanol–water partition coefficient (Wildman–Crippen LogP) is 2.89. The summed E-state index contributed by atoms with van der Waals surface area (Å²) in [6.45, 7) is 10.3. The maximum Gasteiger partial charge on any atom is 0.410 e. The fraction of sp³-hybridized carbons (Fsp3) is 0.688. The number of rotatable bonds is 3. The number of aromatic nitrogens is 1. The molecular weight excluding hydrogens is 314 g/mol. The summed E-state index contributed by atoms with van der Waals surface area (Å²) in [7, 11) is 0. The lowest BCUT2D eigenvalue weighted by molar-refractivity contribution is -0.125. The number of nitrogens with zero attached hydrogens (tertiary/aromatic N) is 2. The Kier molecular flexibility index (Phi) is 5.29. The number of aryl methyl sites for hydroxylation is 1. The number of carbonyl (C=O) groups excluding carboxylic acids is 2. The molecule has 1 aromatic rings. The van der Waals surface area contributed by atoms with Crippen LogP contribution in [0, 0.1) is 12.8 Å². The number of amides is 2. The molecule has 2 amide bonds. The summed E-state index contributed by atoms with van der Waals surface area (Å²) in [6.07, 6.45) is 0.310. The van der Waals surface area contributed by atoms with Gasteiger partial charge in [0.05, 0.1) is 22.7 Å². The second kappa shape index (κ2) is 6.86. The summed E-state index contributed by atoms with van der Waals surface area (Å²) in [5.41, 5.74) is 0.358. The molecule has 1 aliphatic rings. The van der Waals surface area contributed by atoms with E-state index in [4.69, 9.17) is 4.74 Å². The summed E-state index contributed by atoms with van der Waals surface area (Å²) in [4.78, 5) is 30.4. The van der Waals surface area contributed by atoms with Gasteiger partial charge in [-0.15, -0.1) is 11.3 Å². The lowest BCUT2D eigenvalue weighted by atomic mass is 10.1. The Morgan fingerprint density at radius 2 is 2.17 bits per heavy atom. The van der Waals surface area contributed by atoms with Gasteiger partial charge in [0.1, 0.15) is 5.60 Å². The van der Waals surface area contributed by atoms with Gasteiger partial charge in [0, 0.05) is 18.5 Å². The Hall–Kier alpha value is -1.63. The van der Waals surface area contributed by atoms with Crippen molar-refractivity contribution in [2.45, 2.75) is 52.7 Å². The summed E-state index contributed by atoms with van der Waals surface area (Å²) >= 11 is 1.57. The van der Waals surface area contributed by atoms with Gasteiger partial charge in [-0.1, -0.05) is 0 Å². The van der Waals surface area contributed by atoms with Crippen LogP contribution in [0.4, 0.5) is 4.79 Å². The first-order valence-electron chi connectivity index (χ1n) is 7.86. The van der Waals surface area contributed by atoms with Crippen molar-refractivity contribution in [3.63, 3.8) is 0 Å². The molecule has 0 saturated carbocycles. The van der Waals surface area contributed by atoms with E-state index in [1.54, 1.807) is 16.2 Å². The van der Waals surface area contributed by atoms with Gasteiger partial charge in [0.25, 0.3) is 0 Å². The third-order valence-corrected chi connectivity index (χ3v) is 4.44. The highest BCUT2D eigenvalue weighted by Crippen LogP contribution is 2.21. The van der Waals surface area contributed by atoms with Crippen LogP contribution >= 0.6 is 11.3 Å². The maximum absolute atomic E-state index is 12.4. The van der Waals surface area contributed by atoms with Crippen molar-refractivity contribution in [1.29, 1.82) is 0 Å². The number of carbonyl (C=O) groups is 2. The van der Waals surface area contributed by atoms with E-state index in [1.165, 1.54) is 0 Å². The van der Waals surface area contributed by atoms with Crippen molar-refractivity contribution in [2.75, 3.05) is 13.1 Å². The van der Waals surface area contributed by atoms with Crippen molar-refractivity contribution in [2.24, 2.45) is 5.92 Å². The first-order chi connectivity index (χ1) is 10.7. The van der Waals surface area contributed by atoms with E-state index in [0.717, 1.165) is 10.7 Å². The molecule has 128 valence electrons. The van der Waals surface area contributed by atoms with Crippen LogP contribution in [0.3, 0.4) is 0 Å². The zero-order valence-corrected chi connectivity index (χ0v) is 15.2. The zero-order chi connectivity index (χ0) is 17.2. The molecule has 1 saturated heterocycles. The van der Waals surface area contributed by atoms with E-state index in [-0.39, 0.29) is 24.0 Å². The van der Waals surface area contributed by atoms with Crippen LogP contribution in [0.25, 0.3) is 0 Å². The molecule has 1 fully saturated rings. The Morgan fingerprint density at radius 1 is 1.48 bits per heavy atom.